The molecular formula is C44H79N11O12. The highest BCUT2D eigenvalue weighted by molar-refractivity contribution is 5.95. The van der Waals surface area contributed by atoms with Crippen LogP contribution in [0.2, 0.25) is 0 Å². The lowest BCUT2D eigenvalue weighted by Crippen LogP contribution is -2.49. The quantitative estimate of drug-likeness (QED) is 0.0919. The fraction of sp³-hybridized carbons (Fsp3) is 0.727. The van der Waals surface area contributed by atoms with Crippen molar-refractivity contribution in [2.24, 2.45) is 11.8 Å². The number of hydrogen-bond donors (Lipinski definition) is 1. The number of nitrogens with zero attached hydrogens (tertiary/aromatic N) is 10. The summed E-state index contributed by atoms with van der Waals surface area (Å²) in [5, 5.41) is 2.54. The van der Waals surface area contributed by atoms with E-state index in [1.165, 1.54) is 75.4 Å². The summed E-state index contributed by atoms with van der Waals surface area (Å²) in [6.07, 6.45) is 1.91. The molecule has 0 fully saturated rings. The highest BCUT2D eigenvalue weighted by atomic mass is 16.2. The van der Waals surface area contributed by atoms with Crippen molar-refractivity contribution in [2.75, 3.05) is 136 Å². The van der Waals surface area contributed by atoms with Crippen molar-refractivity contribution in [3.63, 3.8) is 0 Å². The lowest BCUT2D eigenvalue weighted by molar-refractivity contribution is -0.146. The lowest BCUT2D eigenvalue weighted by Gasteiger charge is -2.27. The molecule has 0 aromatic rings. The van der Waals surface area contributed by atoms with Crippen LogP contribution in [0.4, 0.5) is 0 Å². The van der Waals surface area contributed by atoms with E-state index in [2.05, 4.69) is 19.2 Å². The van der Waals surface area contributed by atoms with Gasteiger partial charge in [-0.15, -0.1) is 0 Å². The number of Topliss-reactive ketones (excluding diaryl/α,β-unsaturated/α-hetero) is 1. The first-order chi connectivity index (χ1) is 30.4. The van der Waals surface area contributed by atoms with E-state index in [9.17, 15) is 57.5 Å². The minimum Gasteiger partial charge on any atom is -0.345 e. The minimum absolute atomic E-state index is 0. The number of likely N-dealkylation sites (N-methyl/N-ethyl adjacent to an activating group) is 10. The van der Waals surface area contributed by atoms with Gasteiger partial charge in [0.1, 0.15) is 0 Å². The van der Waals surface area contributed by atoms with Crippen molar-refractivity contribution in [3.05, 3.63) is 0 Å². The molecule has 0 radical (unpaired) electrons. The molecule has 0 rings (SSSR count). The molecule has 1 N–H and O–H groups in total. The second-order valence-corrected chi connectivity index (χ2v) is 17.6. The molecule has 0 aromatic carbocycles. The van der Waals surface area contributed by atoms with Crippen LogP contribution < -0.4 is 5.32 Å². The first-order valence-electron chi connectivity index (χ1n) is 21.6. The van der Waals surface area contributed by atoms with Crippen molar-refractivity contribution in [3.8, 4) is 0 Å². The Bertz CT molecular complexity index is 1770. The minimum atomic E-state index is -0.731. The molecule has 0 aliphatic rings. The third kappa shape index (κ3) is 23.7. The summed E-state index contributed by atoms with van der Waals surface area (Å²) >= 11 is 0. The summed E-state index contributed by atoms with van der Waals surface area (Å²) in [5.74, 6) is -5.94. The lowest BCUT2D eigenvalue weighted by atomic mass is 10.0. The second-order valence-electron chi connectivity index (χ2n) is 17.6. The van der Waals surface area contributed by atoms with Crippen molar-refractivity contribution in [1.29, 1.82) is 0 Å². The molecule has 67 heavy (non-hydrogen) atoms. The number of ketones is 1. The summed E-state index contributed by atoms with van der Waals surface area (Å²) in [7, 11) is 13.7. The van der Waals surface area contributed by atoms with Crippen LogP contribution in [0.3, 0.4) is 0 Å². The molecule has 0 unspecified atom stereocenters. The average molecular weight is 954 g/mol. The number of rotatable bonds is 27. The Labute approximate surface area is 397 Å². The van der Waals surface area contributed by atoms with E-state index in [0.717, 1.165) is 50.5 Å². The van der Waals surface area contributed by atoms with Gasteiger partial charge in [-0.2, -0.15) is 0 Å². The van der Waals surface area contributed by atoms with Gasteiger partial charge in [-0.05, 0) is 19.3 Å². The predicted octanol–water partition coefficient (Wildman–Crippen LogP) is -2.24. The van der Waals surface area contributed by atoms with Gasteiger partial charge in [0.25, 0.3) is 0 Å². The van der Waals surface area contributed by atoms with Gasteiger partial charge in [0.2, 0.25) is 65.0 Å². The topological polar surface area (TPSA) is 249 Å². The zero-order valence-electron chi connectivity index (χ0n) is 41.8. The van der Waals surface area contributed by atoms with Gasteiger partial charge in [0.15, 0.2) is 5.78 Å². The number of hydrogen-bond acceptors (Lipinski definition) is 12. The van der Waals surface area contributed by atoms with E-state index < -0.39 is 111 Å². The van der Waals surface area contributed by atoms with E-state index in [4.69, 9.17) is 0 Å². The molecule has 1 atom stereocenters. The highest BCUT2D eigenvalue weighted by Crippen LogP contribution is 2.08. The Morgan fingerprint density at radius 3 is 0.761 bits per heavy atom. The van der Waals surface area contributed by atoms with Crippen molar-refractivity contribution < 1.29 is 57.5 Å². The van der Waals surface area contributed by atoms with Crippen LogP contribution >= 0.6 is 0 Å². The smallest absolute Gasteiger partial charge is 0.242 e. The van der Waals surface area contributed by atoms with Crippen LogP contribution in [0.25, 0.3) is 0 Å². The molecule has 0 spiro atoms. The van der Waals surface area contributed by atoms with Gasteiger partial charge < -0.3 is 54.3 Å². The summed E-state index contributed by atoms with van der Waals surface area (Å²) < 4.78 is 0. The first-order valence-corrected chi connectivity index (χ1v) is 21.6. The molecular weight excluding hydrogens is 875 g/mol. The van der Waals surface area contributed by atoms with E-state index in [0.29, 0.717) is 18.8 Å². The van der Waals surface area contributed by atoms with Crippen molar-refractivity contribution >= 4 is 70.8 Å². The van der Waals surface area contributed by atoms with Gasteiger partial charge in [-0.25, -0.2) is 0 Å². The van der Waals surface area contributed by atoms with Gasteiger partial charge in [0, 0.05) is 82.8 Å². The predicted molar refractivity (Wildman–Crippen MR) is 249 cm³/mol. The summed E-state index contributed by atoms with van der Waals surface area (Å²) in [6, 6.07) is -0.731. The van der Waals surface area contributed by atoms with E-state index >= 15 is 0 Å². The van der Waals surface area contributed by atoms with Crippen molar-refractivity contribution in [2.45, 2.75) is 67.3 Å². The molecule has 0 saturated carbocycles. The normalized spacial score (nSPS) is 11.0. The van der Waals surface area contributed by atoms with Crippen LogP contribution in [-0.2, 0) is 57.5 Å². The number of amides is 11. The maximum absolute atomic E-state index is 12.9. The SMILES string of the molecule is C.CC(C)CCCC(=O)N(C)CC(=O)N(C)CC(=O)N(C)CC(=O)N(C)CC(=O)N(C)CC(=O)N(C)CC(=O)N(C)CC(=O)N(C)CC(=O)N(C)CC(=O)N(C)CC(=O)N[C@@H](C)C(=O)C(C)C. The standard InChI is InChI=1S/C43H75N11O12.CH4/c1-29(2)17-16-18-33(56)46(7)20-35(58)48(9)22-37(60)50(11)24-39(62)52(13)26-41(64)54(15)28-42(65)53(14)27-40(63)51(12)25-38(61)49(10)23-36(59)47(8)21-34(57)45(6)19-32(55)44-31(5)43(66)30(3)4;/h29-31H,16-28H2,1-15H3,(H,44,55);1H4/t31-;/m0./s1. The van der Waals surface area contributed by atoms with Gasteiger partial charge >= 0.3 is 0 Å². The maximum Gasteiger partial charge on any atom is 0.242 e. The molecule has 0 aliphatic heterocycles. The molecule has 382 valence electrons. The maximum atomic E-state index is 12.9. The monoisotopic (exact) mass is 954 g/mol. The number of carbonyl (C=O) groups is 12. The van der Waals surface area contributed by atoms with Crippen molar-refractivity contribution in [1.82, 2.24) is 54.3 Å². The fourth-order valence-electron chi connectivity index (χ4n) is 5.72. The van der Waals surface area contributed by atoms with E-state index in [-0.39, 0.29) is 44.7 Å². The highest BCUT2D eigenvalue weighted by Gasteiger charge is 2.27. The molecule has 11 amide bonds. The number of nitrogens with one attached hydrogen (secondary N) is 1. The van der Waals surface area contributed by atoms with Gasteiger partial charge in [-0.3, -0.25) is 57.5 Å². The van der Waals surface area contributed by atoms with Crippen LogP contribution in [0.5, 0.6) is 0 Å². The summed E-state index contributed by atoms with van der Waals surface area (Å²) in [6.45, 7) is 5.17. The molecule has 23 nitrogen and oxygen atoms in total. The molecule has 0 heterocycles. The molecule has 0 aromatic heterocycles. The van der Waals surface area contributed by atoms with Gasteiger partial charge in [-0.1, -0.05) is 41.5 Å². The van der Waals surface area contributed by atoms with Crippen LogP contribution in [0, 0.1) is 11.8 Å². The third-order valence-electron chi connectivity index (χ3n) is 10.5. The fourth-order valence-corrected chi connectivity index (χ4v) is 5.72. The first kappa shape index (κ1) is 62.9. The van der Waals surface area contributed by atoms with Gasteiger partial charge in [0.05, 0.1) is 71.5 Å². The molecule has 0 aliphatic carbocycles. The largest absolute Gasteiger partial charge is 0.345 e. The Balaban J connectivity index is 0. The second kappa shape index (κ2) is 30.2. The summed E-state index contributed by atoms with van der Waals surface area (Å²) in [5.41, 5.74) is 0. The van der Waals surface area contributed by atoms with Crippen LogP contribution in [-0.4, -0.2) is 262 Å². The zero-order chi connectivity index (χ0) is 51.3. The number of carbonyl (C=O) groups excluding carboxylic acids is 12. The summed E-state index contributed by atoms with van der Waals surface area (Å²) in [4.78, 5) is 163. The third-order valence-corrected chi connectivity index (χ3v) is 10.5. The Morgan fingerprint density at radius 1 is 0.343 bits per heavy atom. The Kier molecular flexibility index (Phi) is 28.4. The Morgan fingerprint density at radius 2 is 0.552 bits per heavy atom. The molecule has 0 saturated heterocycles. The Hall–Kier alpha value is -6.16. The van der Waals surface area contributed by atoms with E-state index in [1.807, 2.05) is 0 Å². The molecule has 23 heteroatoms. The average Bonchev–Trinajstić information content (AvgIpc) is 3.22. The molecule has 0 bridgehead atoms. The van der Waals surface area contributed by atoms with Crippen LogP contribution in [0.1, 0.15) is 61.3 Å². The van der Waals surface area contributed by atoms with E-state index in [1.54, 1.807) is 20.8 Å². The van der Waals surface area contributed by atoms with Crippen LogP contribution in [0.15, 0.2) is 0 Å². The zero-order valence-corrected chi connectivity index (χ0v) is 41.8.